The number of hydrogen-bond acceptors (Lipinski definition) is 4. The summed E-state index contributed by atoms with van der Waals surface area (Å²) in [4.78, 5) is 16.3. The standard InChI is InChI=1S/C15H13ClN2O3/c1-20-5-4-17-14(19)13-7-10-6-9-2-3-11(16)8-12(9)18-15(10)21-13/h2-3,6-8H,4-5H2,1H3,(H,17,19). The SMILES string of the molecule is COCCNC(=O)c1cc2cc3ccc(Cl)cc3nc2o1. The van der Waals surface area contributed by atoms with Crippen LogP contribution in [-0.4, -0.2) is 31.2 Å². The fourth-order valence-electron chi connectivity index (χ4n) is 2.06. The Morgan fingerprint density at radius 3 is 3.00 bits per heavy atom. The molecule has 0 atom stereocenters. The molecule has 0 aliphatic rings. The zero-order valence-corrected chi connectivity index (χ0v) is 12.1. The molecule has 108 valence electrons. The van der Waals surface area contributed by atoms with Crippen molar-refractivity contribution >= 4 is 39.5 Å². The first-order valence-electron chi connectivity index (χ1n) is 6.44. The first kappa shape index (κ1) is 13.9. The van der Waals surface area contributed by atoms with Crippen LogP contribution in [0, 0.1) is 0 Å². The van der Waals surface area contributed by atoms with Crippen LogP contribution in [0.1, 0.15) is 10.6 Å². The minimum atomic E-state index is -0.285. The third-order valence-electron chi connectivity index (χ3n) is 3.08. The lowest BCUT2D eigenvalue weighted by Crippen LogP contribution is -2.26. The van der Waals surface area contributed by atoms with Gasteiger partial charge in [0.05, 0.1) is 12.1 Å². The van der Waals surface area contributed by atoms with Crippen LogP contribution in [0.25, 0.3) is 22.0 Å². The first-order valence-corrected chi connectivity index (χ1v) is 6.82. The van der Waals surface area contributed by atoms with Gasteiger partial charge in [-0.3, -0.25) is 4.79 Å². The van der Waals surface area contributed by atoms with Crippen molar-refractivity contribution in [1.29, 1.82) is 0 Å². The Hall–Kier alpha value is -2.11. The lowest BCUT2D eigenvalue weighted by atomic mass is 10.2. The van der Waals surface area contributed by atoms with Gasteiger partial charge < -0.3 is 14.5 Å². The number of nitrogens with one attached hydrogen (secondary N) is 1. The molecule has 0 aliphatic heterocycles. The van der Waals surface area contributed by atoms with E-state index >= 15 is 0 Å². The lowest BCUT2D eigenvalue weighted by Gasteiger charge is -2.00. The molecule has 3 aromatic rings. The monoisotopic (exact) mass is 304 g/mol. The Balaban J connectivity index is 1.95. The van der Waals surface area contributed by atoms with E-state index in [-0.39, 0.29) is 11.7 Å². The fourth-order valence-corrected chi connectivity index (χ4v) is 2.23. The molecule has 1 N–H and O–H groups in total. The molecular weight excluding hydrogens is 292 g/mol. The predicted molar refractivity (Wildman–Crippen MR) is 80.7 cm³/mol. The number of fused-ring (bicyclic) bond motifs is 2. The summed E-state index contributed by atoms with van der Waals surface area (Å²) in [5.74, 6) is -0.0536. The number of nitrogens with zero attached hydrogens (tertiary/aromatic N) is 1. The van der Waals surface area contributed by atoms with Crippen LogP contribution in [0.5, 0.6) is 0 Å². The third kappa shape index (κ3) is 2.84. The number of furan rings is 1. The van der Waals surface area contributed by atoms with Gasteiger partial charge in [-0.2, -0.15) is 0 Å². The second kappa shape index (κ2) is 5.71. The highest BCUT2D eigenvalue weighted by Crippen LogP contribution is 2.24. The smallest absolute Gasteiger partial charge is 0.287 e. The number of benzene rings is 1. The van der Waals surface area contributed by atoms with Crippen molar-refractivity contribution in [2.24, 2.45) is 0 Å². The molecule has 2 heterocycles. The van der Waals surface area contributed by atoms with Crippen LogP contribution < -0.4 is 5.32 Å². The van der Waals surface area contributed by atoms with Gasteiger partial charge in [-0.05, 0) is 24.3 Å². The Morgan fingerprint density at radius 2 is 2.19 bits per heavy atom. The molecule has 0 bridgehead atoms. The fraction of sp³-hybridized carbons (Fsp3) is 0.200. The summed E-state index contributed by atoms with van der Waals surface area (Å²) in [6.45, 7) is 0.879. The predicted octanol–water partition coefficient (Wildman–Crippen LogP) is 3.01. The second-order valence-corrected chi connectivity index (χ2v) is 5.02. The van der Waals surface area contributed by atoms with Crippen molar-refractivity contribution in [3.05, 3.63) is 41.1 Å². The van der Waals surface area contributed by atoms with E-state index in [1.807, 2.05) is 12.1 Å². The van der Waals surface area contributed by atoms with E-state index in [2.05, 4.69) is 10.3 Å². The average Bonchev–Trinajstić information content (AvgIpc) is 2.87. The largest absolute Gasteiger partial charge is 0.433 e. The second-order valence-electron chi connectivity index (χ2n) is 4.58. The van der Waals surface area contributed by atoms with Crippen LogP contribution in [0.15, 0.2) is 34.7 Å². The maximum atomic E-state index is 11.9. The highest BCUT2D eigenvalue weighted by atomic mass is 35.5. The van der Waals surface area contributed by atoms with Crippen LogP contribution >= 0.6 is 11.6 Å². The number of methoxy groups -OCH3 is 1. The van der Waals surface area contributed by atoms with Gasteiger partial charge in [-0.1, -0.05) is 17.7 Å². The summed E-state index contributed by atoms with van der Waals surface area (Å²) in [5.41, 5.74) is 1.15. The van der Waals surface area contributed by atoms with Gasteiger partial charge in [0, 0.05) is 29.4 Å². The normalized spacial score (nSPS) is 11.1. The first-order chi connectivity index (χ1) is 10.2. The van der Waals surface area contributed by atoms with E-state index in [4.69, 9.17) is 20.8 Å². The summed E-state index contributed by atoms with van der Waals surface area (Å²) in [6.07, 6.45) is 0. The summed E-state index contributed by atoms with van der Waals surface area (Å²) in [6, 6.07) is 9.05. The van der Waals surface area contributed by atoms with Crippen LogP contribution in [-0.2, 0) is 4.74 Å². The van der Waals surface area contributed by atoms with Crippen molar-refractivity contribution in [1.82, 2.24) is 10.3 Å². The van der Waals surface area contributed by atoms with E-state index in [0.29, 0.717) is 23.9 Å². The Bertz CT molecular complexity index is 813. The summed E-state index contributed by atoms with van der Waals surface area (Å²) >= 11 is 5.95. The van der Waals surface area contributed by atoms with Crippen molar-refractivity contribution in [2.75, 3.05) is 20.3 Å². The zero-order chi connectivity index (χ0) is 14.8. The van der Waals surface area contributed by atoms with Gasteiger partial charge in [-0.25, -0.2) is 4.98 Å². The molecule has 21 heavy (non-hydrogen) atoms. The minimum absolute atomic E-state index is 0.231. The van der Waals surface area contributed by atoms with Crippen molar-refractivity contribution in [3.8, 4) is 0 Å². The maximum Gasteiger partial charge on any atom is 0.287 e. The third-order valence-corrected chi connectivity index (χ3v) is 3.32. The lowest BCUT2D eigenvalue weighted by molar-refractivity contribution is 0.0911. The maximum absolute atomic E-state index is 11.9. The van der Waals surface area contributed by atoms with Crippen molar-refractivity contribution in [3.63, 3.8) is 0 Å². The summed E-state index contributed by atoms with van der Waals surface area (Å²) in [5, 5.41) is 5.04. The van der Waals surface area contributed by atoms with Crippen LogP contribution in [0.3, 0.4) is 0 Å². The van der Waals surface area contributed by atoms with Gasteiger partial charge in [-0.15, -0.1) is 0 Å². The molecule has 6 heteroatoms. The van der Waals surface area contributed by atoms with Gasteiger partial charge in [0.1, 0.15) is 0 Å². The van der Waals surface area contributed by atoms with E-state index in [0.717, 1.165) is 16.3 Å². The van der Waals surface area contributed by atoms with Crippen molar-refractivity contribution in [2.45, 2.75) is 0 Å². The Kier molecular flexibility index (Phi) is 3.77. The molecule has 1 amide bonds. The molecule has 0 radical (unpaired) electrons. The number of rotatable bonds is 4. The average molecular weight is 305 g/mol. The van der Waals surface area contributed by atoms with Gasteiger partial charge in [0.25, 0.3) is 5.91 Å². The molecule has 0 saturated carbocycles. The van der Waals surface area contributed by atoms with Crippen molar-refractivity contribution < 1.29 is 13.9 Å². The summed E-state index contributed by atoms with van der Waals surface area (Å²) in [7, 11) is 1.58. The zero-order valence-electron chi connectivity index (χ0n) is 11.4. The number of aromatic nitrogens is 1. The topological polar surface area (TPSA) is 64.4 Å². The molecule has 0 spiro atoms. The molecule has 5 nitrogen and oxygen atoms in total. The highest BCUT2D eigenvalue weighted by molar-refractivity contribution is 6.31. The van der Waals surface area contributed by atoms with Gasteiger partial charge in [0.15, 0.2) is 5.76 Å². The highest BCUT2D eigenvalue weighted by Gasteiger charge is 2.13. The number of hydrogen-bond donors (Lipinski definition) is 1. The number of ether oxygens (including phenoxy) is 1. The quantitative estimate of drug-likeness (QED) is 0.753. The molecular formula is C15H13ClN2O3. The molecule has 0 fully saturated rings. The van der Waals surface area contributed by atoms with E-state index in [9.17, 15) is 4.79 Å². The number of halogens is 1. The van der Waals surface area contributed by atoms with Crippen LogP contribution in [0.2, 0.25) is 5.02 Å². The number of carbonyl (C=O) groups excluding carboxylic acids is 1. The number of amides is 1. The number of pyridine rings is 1. The van der Waals surface area contributed by atoms with E-state index in [1.54, 1.807) is 25.3 Å². The molecule has 0 aliphatic carbocycles. The Morgan fingerprint density at radius 1 is 1.33 bits per heavy atom. The molecule has 1 aromatic carbocycles. The van der Waals surface area contributed by atoms with E-state index < -0.39 is 0 Å². The molecule has 0 unspecified atom stereocenters. The van der Waals surface area contributed by atoms with Crippen LogP contribution in [0.4, 0.5) is 0 Å². The minimum Gasteiger partial charge on any atom is -0.433 e. The molecule has 2 aromatic heterocycles. The Labute approximate surface area is 125 Å². The molecule has 0 saturated heterocycles. The van der Waals surface area contributed by atoms with Gasteiger partial charge >= 0.3 is 0 Å². The summed E-state index contributed by atoms with van der Waals surface area (Å²) < 4.78 is 10.4. The number of carbonyl (C=O) groups is 1. The van der Waals surface area contributed by atoms with Gasteiger partial charge in [0.2, 0.25) is 5.71 Å². The van der Waals surface area contributed by atoms with E-state index in [1.165, 1.54) is 0 Å². The molecule has 3 rings (SSSR count).